The predicted molar refractivity (Wildman–Crippen MR) is 68.5 cm³/mol. The molecule has 0 unspecified atom stereocenters. The van der Waals surface area contributed by atoms with E-state index in [1.165, 1.54) is 24.3 Å². The van der Waals surface area contributed by atoms with E-state index in [1.54, 1.807) is 12.1 Å². The van der Waals surface area contributed by atoms with Crippen molar-refractivity contribution >= 4 is 11.9 Å². The van der Waals surface area contributed by atoms with E-state index in [0.717, 1.165) is 0 Å². The smallest absolute Gasteiger partial charge is 1.00 e. The average Bonchev–Trinajstić information content (AvgIpc) is 2.42. The third kappa shape index (κ3) is 5.84. The van der Waals surface area contributed by atoms with Gasteiger partial charge in [0.1, 0.15) is 13.2 Å². The van der Waals surface area contributed by atoms with Crippen molar-refractivity contribution in [1.82, 2.24) is 0 Å². The van der Waals surface area contributed by atoms with Gasteiger partial charge in [-0.3, -0.25) is 0 Å². The topological polar surface area (TPSA) is 52.6 Å². The SMILES string of the molecule is C=CCOC(=O)c1ccccc1C(=O)OCC=C.[H-].[K+]. The molecule has 1 rings (SSSR count). The average molecular weight is 286 g/mol. The molecule has 0 amide bonds. The Bertz CT molecular complexity index is 431. The van der Waals surface area contributed by atoms with Gasteiger partial charge in [0.25, 0.3) is 0 Å². The van der Waals surface area contributed by atoms with Crippen LogP contribution in [0, 0.1) is 0 Å². The van der Waals surface area contributed by atoms with Gasteiger partial charge < -0.3 is 10.9 Å². The van der Waals surface area contributed by atoms with Crippen molar-refractivity contribution in [2.75, 3.05) is 13.2 Å². The second-order valence-corrected chi connectivity index (χ2v) is 3.32. The first kappa shape index (κ1) is 18.3. The number of esters is 2. The van der Waals surface area contributed by atoms with Gasteiger partial charge in [0.15, 0.2) is 0 Å². The largest absolute Gasteiger partial charge is 1.00 e. The van der Waals surface area contributed by atoms with Crippen LogP contribution < -0.4 is 51.4 Å². The summed E-state index contributed by atoms with van der Waals surface area (Å²) in [5.74, 6) is -1.16. The van der Waals surface area contributed by atoms with E-state index in [0.29, 0.717) is 0 Å². The molecule has 1 aromatic carbocycles. The molecule has 0 saturated carbocycles. The molecule has 1 aromatic rings. The Hall–Kier alpha value is -0.724. The van der Waals surface area contributed by atoms with E-state index < -0.39 is 11.9 Å². The predicted octanol–water partition coefficient (Wildman–Crippen LogP) is -0.511. The van der Waals surface area contributed by atoms with Gasteiger partial charge >= 0.3 is 63.3 Å². The third-order valence-electron chi connectivity index (χ3n) is 2.03. The fourth-order valence-corrected chi connectivity index (χ4v) is 1.26. The van der Waals surface area contributed by atoms with Gasteiger partial charge in [-0.2, -0.15) is 0 Å². The molecule has 0 atom stereocenters. The Morgan fingerprint density at radius 1 is 1.00 bits per heavy atom. The van der Waals surface area contributed by atoms with Crippen LogP contribution >= 0.6 is 0 Å². The van der Waals surface area contributed by atoms with Crippen LogP contribution in [0.15, 0.2) is 49.6 Å². The molecule has 0 saturated heterocycles. The second-order valence-electron chi connectivity index (χ2n) is 3.32. The fraction of sp³-hybridized carbons (Fsp3) is 0.143. The van der Waals surface area contributed by atoms with Crippen molar-refractivity contribution in [2.24, 2.45) is 0 Å². The quantitative estimate of drug-likeness (QED) is 0.401. The number of ether oxygens (including phenoxy) is 2. The molecule has 0 spiro atoms. The number of hydrogen-bond donors (Lipinski definition) is 0. The van der Waals surface area contributed by atoms with Crippen molar-refractivity contribution in [3.8, 4) is 0 Å². The van der Waals surface area contributed by atoms with Gasteiger partial charge in [0.2, 0.25) is 0 Å². The zero-order valence-corrected chi connectivity index (χ0v) is 14.0. The van der Waals surface area contributed by atoms with E-state index in [4.69, 9.17) is 9.47 Å². The molecule has 0 N–H and O–H groups in total. The molecule has 0 aliphatic rings. The summed E-state index contributed by atoms with van der Waals surface area (Å²) in [5.41, 5.74) is 0.349. The van der Waals surface area contributed by atoms with E-state index in [2.05, 4.69) is 13.2 Å². The minimum Gasteiger partial charge on any atom is -1.00 e. The van der Waals surface area contributed by atoms with E-state index in [1.807, 2.05) is 0 Å². The molecule has 19 heavy (non-hydrogen) atoms. The molecular weight excluding hydrogens is 271 g/mol. The van der Waals surface area contributed by atoms with Crippen LogP contribution in [-0.2, 0) is 9.47 Å². The Balaban J connectivity index is 0. The third-order valence-corrected chi connectivity index (χ3v) is 2.03. The normalized spacial score (nSPS) is 8.84. The molecule has 4 nitrogen and oxygen atoms in total. The first-order valence-corrected chi connectivity index (χ1v) is 5.35. The van der Waals surface area contributed by atoms with Gasteiger partial charge in [0, 0.05) is 0 Å². The van der Waals surface area contributed by atoms with Gasteiger partial charge in [0.05, 0.1) is 11.1 Å². The van der Waals surface area contributed by atoms with Crippen LogP contribution in [0.5, 0.6) is 0 Å². The van der Waals surface area contributed by atoms with Gasteiger partial charge in [-0.25, -0.2) is 9.59 Å². The standard InChI is InChI=1S/C14H14O4.K.H/c1-3-9-17-13(15)11-7-5-6-8-12(11)14(16)18-10-4-2;;/h3-8H,1-2,9-10H2;;/q;+1;-1. The zero-order valence-electron chi connectivity index (χ0n) is 11.9. The fourth-order valence-electron chi connectivity index (χ4n) is 1.26. The molecule has 96 valence electrons. The molecule has 0 heterocycles. The summed E-state index contributed by atoms with van der Waals surface area (Å²) in [4.78, 5) is 23.4. The number of benzene rings is 1. The molecule has 0 aliphatic carbocycles. The summed E-state index contributed by atoms with van der Waals surface area (Å²) < 4.78 is 9.78. The maximum Gasteiger partial charge on any atom is 1.00 e. The van der Waals surface area contributed by atoms with Crippen LogP contribution in [0.2, 0.25) is 0 Å². The van der Waals surface area contributed by atoms with E-state index in [-0.39, 0.29) is 77.2 Å². The maximum absolute atomic E-state index is 11.7. The maximum atomic E-state index is 11.7. The summed E-state index contributed by atoms with van der Waals surface area (Å²) in [7, 11) is 0. The first-order valence-electron chi connectivity index (χ1n) is 5.35. The molecule has 0 fully saturated rings. The second kappa shape index (κ2) is 10.1. The van der Waals surface area contributed by atoms with E-state index in [9.17, 15) is 9.59 Å². The van der Waals surface area contributed by atoms with Crippen molar-refractivity contribution in [3.63, 3.8) is 0 Å². The van der Waals surface area contributed by atoms with Crippen molar-refractivity contribution in [2.45, 2.75) is 0 Å². The summed E-state index contributed by atoms with van der Waals surface area (Å²) in [6.45, 7) is 7.07. The molecule has 0 aromatic heterocycles. The number of carbonyl (C=O) groups excluding carboxylic acids is 2. The Labute approximate surface area is 156 Å². The molecular formula is C14H15KO4. The molecule has 0 bridgehead atoms. The number of rotatable bonds is 6. The Morgan fingerprint density at radius 3 is 1.68 bits per heavy atom. The Morgan fingerprint density at radius 2 is 1.37 bits per heavy atom. The minimum atomic E-state index is -0.582. The van der Waals surface area contributed by atoms with Crippen LogP contribution in [0.3, 0.4) is 0 Å². The monoisotopic (exact) mass is 286 g/mol. The summed E-state index contributed by atoms with van der Waals surface area (Å²) >= 11 is 0. The first-order chi connectivity index (χ1) is 8.70. The molecule has 5 heteroatoms. The van der Waals surface area contributed by atoms with Gasteiger partial charge in [-0.15, -0.1) is 0 Å². The number of carbonyl (C=O) groups is 2. The number of hydrogen-bond acceptors (Lipinski definition) is 4. The zero-order chi connectivity index (χ0) is 13.4. The molecule has 0 radical (unpaired) electrons. The van der Waals surface area contributed by atoms with Crippen LogP contribution in [0.1, 0.15) is 22.1 Å². The van der Waals surface area contributed by atoms with Crippen LogP contribution in [0.25, 0.3) is 0 Å². The summed E-state index contributed by atoms with van der Waals surface area (Å²) in [6, 6.07) is 6.31. The Kier molecular flexibility index (Phi) is 9.73. The van der Waals surface area contributed by atoms with Crippen molar-refractivity contribution in [3.05, 3.63) is 60.7 Å². The summed E-state index contributed by atoms with van der Waals surface area (Å²) in [5, 5.41) is 0. The van der Waals surface area contributed by atoms with Gasteiger partial charge in [-0.1, -0.05) is 37.4 Å². The van der Waals surface area contributed by atoms with Crippen molar-refractivity contribution < 1.29 is 71.9 Å². The van der Waals surface area contributed by atoms with Crippen LogP contribution in [-0.4, -0.2) is 25.2 Å². The van der Waals surface area contributed by atoms with Gasteiger partial charge in [-0.05, 0) is 12.1 Å². The van der Waals surface area contributed by atoms with Crippen LogP contribution in [0.4, 0.5) is 0 Å². The minimum absolute atomic E-state index is 0. The molecule has 0 aliphatic heterocycles. The van der Waals surface area contributed by atoms with Crippen molar-refractivity contribution in [1.29, 1.82) is 0 Å². The van der Waals surface area contributed by atoms with E-state index >= 15 is 0 Å². The summed E-state index contributed by atoms with van der Waals surface area (Å²) in [6.07, 6.45) is 2.91.